The van der Waals surface area contributed by atoms with E-state index in [1.165, 1.54) is 30.6 Å². The first-order valence-corrected chi connectivity index (χ1v) is 18.6. The molecule has 0 saturated heterocycles. The highest BCUT2D eigenvalue weighted by Crippen LogP contribution is 2.15. The van der Waals surface area contributed by atoms with Crippen LogP contribution in [0.3, 0.4) is 0 Å². The van der Waals surface area contributed by atoms with E-state index in [9.17, 15) is 4.79 Å². The Balaban J connectivity index is 1.65. The van der Waals surface area contributed by atoms with Gasteiger partial charge in [0.05, 0.1) is 126 Å². The Bertz CT molecular complexity index is 809. The molecule has 0 saturated carbocycles. The van der Waals surface area contributed by atoms with Gasteiger partial charge in [-0.25, -0.2) is 0 Å². The van der Waals surface area contributed by atoms with Crippen molar-refractivity contribution in [3.8, 4) is 5.75 Å². The zero-order valence-electron chi connectivity index (χ0n) is 29.0. The summed E-state index contributed by atoms with van der Waals surface area (Å²) in [4.78, 5) is 11.0. The maximum atomic E-state index is 11.0. The molecule has 0 aliphatic carbocycles. The molecule has 0 aliphatic heterocycles. The Morgan fingerprint density at radius 3 is 1.10 bits per heavy atom. The molecule has 13 nitrogen and oxygen atoms in total. The summed E-state index contributed by atoms with van der Waals surface area (Å²) in [7, 11) is 0. The second-order valence-electron chi connectivity index (χ2n) is 10.3. The van der Waals surface area contributed by atoms with Gasteiger partial charge in [0.1, 0.15) is 12.4 Å². The number of amides is 1. The number of hydrogen-bond acceptors (Lipinski definition) is 12. The van der Waals surface area contributed by atoms with Crippen LogP contribution in [-0.4, -0.2) is 149 Å². The van der Waals surface area contributed by atoms with Crippen molar-refractivity contribution in [1.82, 2.24) is 0 Å². The van der Waals surface area contributed by atoms with E-state index in [4.69, 9.17) is 52.1 Å². The quantitative estimate of drug-likeness (QED) is 0.0585. The third-order valence-electron chi connectivity index (χ3n) is 6.19. The number of ether oxygens (including phenoxy) is 11. The summed E-state index contributed by atoms with van der Waals surface area (Å²) >= 11 is 2.42. The third-order valence-corrected chi connectivity index (χ3v) is 6.95. The highest BCUT2D eigenvalue weighted by molar-refractivity contribution is 14.1. The fourth-order valence-electron chi connectivity index (χ4n) is 3.79. The van der Waals surface area contributed by atoms with E-state index in [1.54, 1.807) is 24.3 Å². The Kier molecular flexibility index (Phi) is 34.6. The van der Waals surface area contributed by atoms with E-state index in [0.29, 0.717) is 132 Å². The van der Waals surface area contributed by atoms with Crippen LogP contribution in [0.2, 0.25) is 0 Å². The predicted molar refractivity (Wildman–Crippen MR) is 192 cm³/mol. The van der Waals surface area contributed by atoms with Gasteiger partial charge in [-0.05, 0) is 41.5 Å². The van der Waals surface area contributed by atoms with Gasteiger partial charge in [0.25, 0.3) is 0 Å². The van der Waals surface area contributed by atoms with Gasteiger partial charge in [-0.1, -0.05) is 35.4 Å². The lowest BCUT2D eigenvalue weighted by Gasteiger charge is -2.09. The van der Waals surface area contributed by atoms with Crippen molar-refractivity contribution in [2.75, 3.05) is 148 Å². The third kappa shape index (κ3) is 33.3. The van der Waals surface area contributed by atoms with Crippen LogP contribution in [0.4, 0.5) is 5.69 Å². The van der Waals surface area contributed by atoms with E-state index in [0.717, 1.165) is 24.5 Å². The Labute approximate surface area is 301 Å². The van der Waals surface area contributed by atoms with Crippen molar-refractivity contribution in [2.24, 2.45) is 0 Å². The summed E-state index contributed by atoms with van der Waals surface area (Å²) in [5.74, 6) is 0.613. The molecular weight excluding hydrogens is 741 g/mol. The average Bonchev–Trinajstić information content (AvgIpc) is 3.08. The number of halogens is 1. The Morgan fingerprint density at radius 2 is 0.771 bits per heavy atom. The summed E-state index contributed by atoms with van der Waals surface area (Å²) in [6.07, 6.45) is 4.97. The maximum Gasteiger partial charge on any atom is 0.221 e. The van der Waals surface area contributed by atoms with E-state index in [2.05, 4.69) is 27.9 Å². The summed E-state index contributed by atoms with van der Waals surface area (Å²) in [5, 5.41) is 2.71. The summed E-state index contributed by atoms with van der Waals surface area (Å²) in [6.45, 7) is 12.6. The van der Waals surface area contributed by atoms with Crippen LogP contribution in [-0.2, 0) is 52.2 Å². The number of alkyl halides is 1. The minimum Gasteiger partial charge on any atom is -0.491 e. The second kappa shape index (κ2) is 37.1. The number of rotatable bonds is 38. The van der Waals surface area contributed by atoms with Crippen molar-refractivity contribution in [1.29, 1.82) is 0 Å². The van der Waals surface area contributed by atoms with Gasteiger partial charge in [-0.2, -0.15) is 0 Å². The van der Waals surface area contributed by atoms with Gasteiger partial charge in [0.2, 0.25) is 5.91 Å². The zero-order chi connectivity index (χ0) is 34.4. The molecule has 1 aromatic carbocycles. The summed E-state index contributed by atoms with van der Waals surface area (Å²) in [5.41, 5.74) is 0.733. The van der Waals surface area contributed by atoms with Gasteiger partial charge in [-0.3, -0.25) is 4.79 Å². The van der Waals surface area contributed by atoms with E-state index in [-0.39, 0.29) is 5.91 Å². The first-order valence-electron chi connectivity index (χ1n) is 17.1. The first kappa shape index (κ1) is 44.8. The molecule has 0 bridgehead atoms. The van der Waals surface area contributed by atoms with Crippen LogP contribution in [0.25, 0.3) is 0 Å². The number of carbonyl (C=O) groups excluding carboxylic acids is 1. The lowest BCUT2D eigenvalue weighted by Crippen LogP contribution is -2.15. The Hall–Kier alpha value is -1.18. The van der Waals surface area contributed by atoms with E-state index < -0.39 is 0 Å². The van der Waals surface area contributed by atoms with Crippen LogP contribution in [0.1, 0.15) is 32.6 Å². The van der Waals surface area contributed by atoms with Crippen LogP contribution in [0.5, 0.6) is 5.75 Å². The van der Waals surface area contributed by atoms with E-state index in [1.807, 2.05) is 0 Å². The molecule has 1 amide bonds. The molecule has 0 aliphatic rings. The number of carbonyl (C=O) groups is 1. The van der Waals surface area contributed by atoms with Gasteiger partial charge >= 0.3 is 0 Å². The van der Waals surface area contributed by atoms with Crippen molar-refractivity contribution in [3.05, 3.63) is 24.3 Å². The molecule has 1 aromatic rings. The predicted octanol–water partition coefficient (Wildman–Crippen LogP) is 4.19. The van der Waals surface area contributed by atoms with Crippen molar-refractivity contribution in [3.63, 3.8) is 0 Å². The smallest absolute Gasteiger partial charge is 0.221 e. The standard InChI is InChI=1S/C34H60INO12/c1-32(37)36-33-6-8-34(9-7-33)48-31-30-47-29-28-46-27-26-45-25-24-44-23-22-43-21-20-42-19-18-41-17-16-40-15-14-39-13-12-38-11-5-3-2-4-10-35/h6-9H,2-5,10-31H2,1H3,(H,36,37). The SMILES string of the molecule is CC(=O)Nc1ccc(OCCOCCOCCOCCOCCOCCOCCOCCOCCOCCOCCCCCCI)cc1. The number of nitrogens with one attached hydrogen (secondary N) is 1. The molecule has 0 fully saturated rings. The lowest BCUT2D eigenvalue weighted by molar-refractivity contribution is -0.114. The number of unbranched alkanes of at least 4 members (excludes halogenated alkanes) is 3. The minimum absolute atomic E-state index is 0.106. The highest BCUT2D eigenvalue weighted by Gasteiger charge is 1.99. The first-order chi connectivity index (χ1) is 23.7. The van der Waals surface area contributed by atoms with Gasteiger partial charge < -0.3 is 57.4 Å². The van der Waals surface area contributed by atoms with Crippen molar-refractivity contribution < 1.29 is 56.9 Å². The summed E-state index contributed by atoms with van der Waals surface area (Å²) in [6, 6.07) is 7.19. The molecule has 0 spiro atoms. The second-order valence-corrected chi connectivity index (χ2v) is 11.4. The number of anilines is 1. The van der Waals surface area contributed by atoms with Crippen LogP contribution < -0.4 is 10.1 Å². The molecule has 0 radical (unpaired) electrons. The molecule has 0 unspecified atom stereocenters. The van der Waals surface area contributed by atoms with Crippen molar-refractivity contribution >= 4 is 34.2 Å². The number of hydrogen-bond donors (Lipinski definition) is 1. The van der Waals surface area contributed by atoms with Gasteiger partial charge in [-0.15, -0.1) is 0 Å². The maximum absolute atomic E-state index is 11.0. The monoisotopic (exact) mass is 801 g/mol. The highest BCUT2D eigenvalue weighted by atomic mass is 127. The topological polar surface area (TPSA) is 131 Å². The summed E-state index contributed by atoms with van der Waals surface area (Å²) < 4.78 is 61.8. The minimum atomic E-state index is -0.106. The molecule has 1 N–H and O–H groups in total. The lowest BCUT2D eigenvalue weighted by atomic mass is 10.2. The van der Waals surface area contributed by atoms with Gasteiger partial charge in [0.15, 0.2) is 0 Å². The largest absolute Gasteiger partial charge is 0.491 e. The van der Waals surface area contributed by atoms with Crippen LogP contribution in [0.15, 0.2) is 24.3 Å². The molecule has 280 valence electrons. The molecule has 14 heteroatoms. The molecular formula is C34H60INO12. The van der Waals surface area contributed by atoms with E-state index >= 15 is 0 Å². The molecule has 0 aromatic heterocycles. The average molecular weight is 802 g/mol. The molecule has 0 heterocycles. The van der Waals surface area contributed by atoms with Gasteiger partial charge in [0, 0.05) is 19.2 Å². The fourth-order valence-corrected chi connectivity index (χ4v) is 4.33. The number of benzene rings is 1. The van der Waals surface area contributed by atoms with Crippen LogP contribution >= 0.6 is 22.6 Å². The molecule has 48 heavy (non-hydrogen) atoms. The normalized spacial score (nSPS) is 11.3. The fraction of sp³-hybridized carbons (Fsp3) is 0.794. The zero-order valence-corrected chi connectivity index (χ0v) is 31.1. The molecule has 1 rings (SSSR count). The van der Waals surface area contributed by atoms with Crippen molar-refractivity contribution in [2.45, 2.75) is 32.6 Å². The molecule has 0 atom stereocenters. The Morgan fingerprint density at radius 1 is 0.458 bits per heavy atom. The van der Waals surface area contributed by atoms with Crippen LogP contribution in [0, 0.1) is 0 Å².